The van der Waals surface area contributed by atoms with Gasteiger partial charge in [0.25, 0.3) is 0 Å². The first-order valence-electron chi connectivity index (χ1n) is 7.40. The van der Waals surface area contributed by atoms with E-state index >= 15 is 0 Å². The largest absolute Gasteiger partial charge is 0.300 e. The zero-order valence-corrected chi connectivity index (χ0v) is 11.7. The van der Waals surface area contributed by atoms with Crippen molar-refractivity contribution in [2.75, 3.05) is 0 Å². The lowest BCUT2D eigenvalue weighted by molar-refractivity contribution is -0.122. The second-order valence-electron chi connectivity index (χ2n) is 5.88. The van der Waals surface area contributed by atoms with Crippen LogP contribution in [0.3, 0.4) is 0 Å². The highest BCUT2D eigenvalue weighted by Crippen LogP contribution is 2.40. The van der Waals surface area contributed by atoms with Crippen molar-refractivity contribution in [2.24, 2.45) is 0 Å². The number of rotatable bonds is 3. The molecule has 102 valence electrons. The topological polar surface area (TPSA) is 17.1 Å². The lowest BCUT2D eigenvalue weighted by atomic mass is 9.66. The second kappa shape index (κ2) is 5.62. The van der Waals surface area contributed by atoms with Gasteiger partial charge in [-0.3, -0.25) is 4.79 Å². The van der Waals surface area contributed by atoms with E-state index < -0.39 is 0 Å². The molecule has 1 heteroatoms. The molecule has 1 unspecified atom stereocenters. The zero-order valence-electron chi connectivity index (χ0n) is 11.7. The molecule has 3 rings (SSSR count). The van der Waals surface area contributed by atoms with Crippen LogP contribution in [0.1, 0.15) is 36.8 Å². The van der Waals surface area contributed by atoms with Crippen molar-refractivity contribution in [1.82, 2.24) is 0 Å². The molecule has 1 saturated carbocycles. The molecule has 0 radical (unpaired) electrons. The van der Waals surface area contributed by atoms with Crippen LogP contribution in [0.5, 0.6) is 0 Å². The molecule has 2 aromatic rings. The molecule has 0 bridgehead atoms. The third kappa shape index (κ3) is 2.67. The van der Waals surface area contributed by atoms with Crippen molar-refractivity contribution < 1.29 is 4.79 Å². The van der Waals surface area contributed by atoms with Gasteiger partial charge in [0.15, 0.2) is 0 Å². The SMILES string of the molecule is O=C1CCCC(Cc2ccccc2)(c2ccccc2)C1. The predicted octanol–water partition coefficient (Wildman–Crippen LogP) is 4.31. The number of Topliss-reactive ketones (excluding diaryl/α,β-unsaturated/α-hetero) is 1. The van der Waals surface area contributed by atoms with Crippen molar-refractivity contribution in [2.45, 2.75) is 37.5 Å². The highest BCUT2D eigenvalue weighted by molar-refractivity contribution is 5.81. The van der Waals surface area contributed by atoms with Crippen molar-refractivity contribution in [1.29, 1.82) is 0 Å². The second-order valence-corrected chi connectivity index (χ2v) is 5.88. The van der Waals surface area contributed by atoms with E-state index in [4.69, 9.17) is 0 Å². The van der Waals surface area contributed by atoms with Crippen LogP contribution in [-0.2, 0) is 16.6 Å². The minimum Gasteiger partial charge on any atom is -0.300 e. The minimum atomic E-state index is -0.00204. The average Bonchev–Trinajstić information content (AvgIpc) is 2.49. The smallest absolute Gasteiger partial charge is 0.133 e. The van der Waals surface area contributed by atoms with Gasteiger partial charge in [-0.2, -0.15) is 0 Å². The van der Waals surface area contributed by atoms with Gasteiger partial charge in [-0.25, -0.2) is 0 Å². The molecule has 0 aliphatic heterocycles. The molecule has 20 heavy (non-hydrogen) atoms. The number of benzene rings is 2. The number of carbonyl (C=O) groups excluding carboxylic acids is 1. The fourth-order valence-corrected chi connectivity index (χ4v) is 3.46. The number of hydrogen-bond acceptors (Lipinski definition) is 1. The summed E-state index contributed by atoms with van der Waals surface area (Å²) in [5.74, 6) is 0.413. The van der Waals surface area contributed by atoms with Gasteiger partial charge in [0.05, 0.1) is 0 Å². The number of ketones is 1. The van der Waals surface area contributed by atoms with Gasteiger partial charge in [0.1, 0.15) is 5.78 Å². The van der Waals surface area contributed by atoms with Crippen LogP contribution in [0.4, 0.5) is 0 Å². The molecule has 0 amide bonds. The van der Waals surface area contributed by atoms with E-state index in [0.29, 0.717) is 12.2 Å². The lowest BCUT2D eigenvalue weighted by Gasteiger charge is -2.37. The fourth-order valence-electron chi connectivity index (χ4n) is 3.46. The first-order chi connectivity index (χ1) is 9.78. The summed E-state index contributed by atoms with van der Waals surface area (Å²) in [7, 11) is 0. The van der Waals surface area contributed by atoms with Crippen molar-refractivity contribution in [3.8, 4) is 0 Å². The van der Waals surface area contributed by atoms with Crippen LogP contribution in [0.15, 0.2) is 60.7 Å². The molecule has 2 aromatic carbocycles. The maximum atomic E-state index is 12.0. The Morgan fingerprint density at radius 1 is 0.900 bits per heavy atom. The summed E-state index contributed by atoms with van der Waals surface area (Å²) in [5, 5.41) is 0. The predicted molar refractivity (Wildman–Crippen MR) is 81.7 cm³/mol. The average molecular weight is 264 g/mol. The van der Waals surface area contributed by atoms with Gasteiger partial charge in [-0.15, -0.1) is 0 Å². The van der Waals surface area contributed by atoms with Gasteiger partial charge in [0, 0.05) is 18.3 Å². The lowest BCUT2D eigenvalue weighted by Crippen LogP contribution is -2.35. The summed E-state index contributed by atoms with van der Waals surface area (Å²) in [4.78, 5) is 12.0. The van der Waals surface area contributed by atoms with Gasteiger partial charge < -0.3 is 0 Å². The van der Waals surface area contributed by atoms with E-state index in [9.17, 15) is 4.79 Å². The Labute approximate surface area is 120 Å². The van der Waals surface area contributed by atoms with Crippen LogP contribution in [-0.4, -0.2) is 5.78 Å². The molecule has 0 saturated heterocycles. The van der Waals surface area contributed by atoms with Crippen molar-refractivity contribution in [3.05, 3.63) is 71.8 Å². The maximum Gasteiger partial charge on any atom is 0.133 e. The molecule has 1 nitrogen and oxygen atoms in total. The van der Waals surface area contributed by atoms with E-state index in [1.807, 2.05) is 12.1 Å². The van der Waals surface area contributed by atoms with Crippen LogP contribution < -0.4 is 0 Å². The minimum absolute atomic E-state index is 0.00204. The molecule has 0 spiro atoms. The highest BCUT2D eigenvalue weighted by atomic mass is 16.1. The van der Waals surface area contributed by atoms with Crippen molar-refractivity contribution in [3.63, 3.8) is 0 Å². The molecule has 0 heterocycles. The van der Waals surface area contributed by atoms with Crippen LogP contribution in [0, 0.1) is 0 Å². The molecule has 1 atom stereocenters. The summed E-state index contributed by atoms with van der Waals surface area (Å²) < 4.78 is 0. The van der Waals surface area contributed by atoms with Gasteiger partial charge in [-0.05, 0) is 30.4 Å². The highest BCUT2D eigenvalue weighted by Gasteiger charge is 2.37. The Balaban J connectivity index is 1.97. The molecular formula is C19H20O. The maximum absolute atomic E-state index is 12.0. The number of hydrogen-bond donors (Lipinski definition) is 0. The normalized spacial score (nSPS) is 22.7. The summed E-state index contributed by atoms with van der Waals surface area (Å²) in [6.45, 7) is 0. The standard InChI is InChI=1S/C19H20O/c20-18-12-7-13-19(15-18,17-10-5-2-6-11-17)14-16-8-3-1-4-9-16/h1-6,8-11H,7,12-15H2. The third-order valence-electron chi connectivity index (χ3n) is 4.42. The quantitative estimate of drug-likeness (QED) is 0.807. The Hall–Kier alpha value is -1.89. The number of carbonyl (C=O) groups is 1. The third-order valence-corrected chi connectivity index (χ3v) is 4.42. The van der Waals surface area contributed by atoms with Crippen LogP contribution >= 0.6 is 0 Å². The van der Waals surface area contributed by atoms with E-state index in [2.05, 4.69) is 48.5 Å². The summed E-state index contributed by atoms with van der Waals surface area (Å²) in [6.07, 6.45) is 4.52. The summed E-state index contributed by atoms with van der Waals surface area (Å²) >= 11 is 0. The Morgan fingerprint density at radius 3 is 2.20 bits per heavy atom. The Kier molecular flexibility index (Phi) is 3.68. The van der Waals surface area contributed by atoms with Gasteiger partial charge in [0.2, 0.25) is 0 Å². The van der Waals surface area contributed by atoms with Crippen LogP contribution in [0.2, 0.25) is 0 Å². The Morgan fingerprint density at radius 2 is 1.55 bits per heavy atom. The molecule has 1 fully saturated rings. The zero-order chi connectivity index (χ0) is 13.8. The first-order valence-corrected chi connectivity index (χ1v) is 7.40. The van der Waals surface area contributed by atoms with Gasteiger partial charge in [-0.1, -0.05) is 60.7 Å². The molecule has 1 aliphatic rings. The fraction of sp³-hybridized carbons (Fsp3) is 0.316. The first kappa shape index (κ1) is 13.1. The van der Waals surface area contributed by atoms with E-state index in [1.54, 1.807) is 0 Å². The van der Waals surface area contributed by atoms with E-state index in [-0.39, 0.29) is 5.41 Å². The van der Waals surface area contributed by atoms with E-state index in [0.717, 1.165) is 25.7 Å². The van der Waals surface area contributed by atoms with E-state index in [1.165, 1.54) is 11.1 Å². The molecular weight excluding hydrogens is 244 g/mol. The monoisotopic (exact) mass is 264 g/mol. The van der Waals surface area contributed by atoms with Crippen molar-refractivity contribution >= 4 is 5.78 Å². The molecule has 1 aliphatic carbocycles. The van der Waals surface area contributed by atoms with Crippen LogP contribution in [0.25, 0.3) is 0 Å². The summed E-state index contributed by atoms with van der Waals surface area (Å²) in [5.41, 5.74) is 2.64. The Bertz CT molecular complexity index is 573. The van der Waals surface area contributed by atoms with Gasteiger partial charge >= 0.3 is 0 Å². The molecule has 0 aromatic heterocycles. The summed E-state index contributed by atoms with van der Waals surface area (Å²) in [6, 6.07) is 21.1. The molecule has 0 N–H and O–H groups in total.